The smallest absolute Gasteiger partial charge is 0.410 e. The Morgan fingerprint density at radius 1 is 1.26 bits per heavy atom. The molecule has 3 heterocycles. The van der Waals surface area contributed by atoms with Crippen LogP contribution in [0, 0.1) is 5.41 Å². The molecule has 0 bridgehead atoms. The van der Waals surface area contributed by atoms with E-state index in [2.05, 4.69) is 5.10 Å². The van der Waals surface area contributed by atoms with Crippen LogP contribution in [0.4, 0.5) is 4.79 Å². The zero-order valence-electron chi connectivity index (χ0n) is 16.6. The monoisotopic (exact) mass is 373 g/mol. The molecule has 2 aliphatic rings. The van der Waals surface area contributed by atoms with Crippen LogP contribution in [0.15, 0.2) is 18.6 Å². The van der Waals surface area contributed by atoms with Crippen molar-refractivity contribution in [2.75, 3.05) is 20.1 Å². The Morgan fingerprint density at radius 3 is 2.56 bits per heavy atom. The van der Waals surface area contributed by atoms with Gasteiger partial charge in [-0.25, -0.2) is 9.31 Å². The number of rotatable bonds is 2. The minimum Gasteiger partial charge on any atom is -0.444 e. The van der Waals surface area contributed by atoms with Gasteiger partial charge in [-0.05, 0) is 33.6 Å². The normalized spacial score (nSPS) is 19.1. The van der Waals surface area contributed by atoms with Gasteiger partial charge in [0.1, 0.15) is 16.8 Å². The maximum Gasteiger partial charge on any atom is 0.410 e. The molecule has 1 aliphatic heterocycles. The lowest BCUT2D eigenvalue weighted by Crippen LogP contribution is -2.67. The van der Waals surface area contributed by atoms with E-state index in [1.807, 2.05) is 49.7 Å². The van der Waals surface area contributed by atoms with Gasteiger partial charge in [-0.2, -0.15) is 5.10 Å². The number of hydrogen-bond donors (Lipinski definition) is 0. The highest BCUT2D eigenvalue weighted by Crippen LogP contribution is 2.50. The van der Waals surface area contributed by atoms with Crippen molar-refractivity contribution in [3.8, 4) is 0 Å². The van der Waals surface area contributed by atoms with Gasteiger partial charge in [-0.15, -0.1) is 0 Å². The summed E-state index contributed by atoms with van der Waals surface area (Å²) in [6, 6.07) is 0.188. The number of carbonyl (C=O) groups excluding carboxylic acids is 2. The van der Waals surface area contributed by atoms with E-state index in [4.69, 9.17) is 4.74 Å². The Balaban J connectivity index is 1.33. The van der Waals surface area contributed by atoms with Gasteiger partial charge in [0.25, 0.3) is 5.91 Å². The van der Waals surface area contributed by atoms with Crippen LogP contribution in [-0.2, 0) is 11.8 Å². The van der Waals surface area contributed by atoms with Crippen molar-refractivity contribution in [3.05, 3.63) is 24.2 Å². The molecule has 1 spiro atoms. The molecule has 2 aromatic rings. The second kappa shape index (κ2) is 5.74. The maximum absolute atomic E-state index is 12.8. The van der Waals surface area contributed by atoms with Crippen LogP contribution in [0.25, 0.3) is 5.65 Å². The van der Waals surface area contributed by atoms with Crippen LogP contribution >= 0.6 is 0 Å². The number of fused-ring (bicyclic) bond motifs is 1. The number of ether oxygens (including phenoxy) is 1. The molecule has 146 valence electrons. The summed E-state index contributed by atoms with van der Waals surface area (Å²) < 4.78 is 9.07. The van der Waals surface area contributed by atoms with E-state index in [1.54, 1.807) is 22.7 Å². The summed E-state index contributed by atoms with van der Waals surface area (Å²) >= 11 is 0. The second-order valence-corrected chi connectivity index (χ2v) is 9.05. The number of aromatic nitrogens is 3. The largest absolute Gasteiger partial charge is 0.444 e. The second-order valence-electron chi connectivity index (χ2n) is 9.05. The van der Waals surface area contributed by atoms with Gasteiger partial charge < -0.3 is 19.1 Å². The molecule has 2 fully saturated rings. The number of imidazole rings is 1. The van der Waals surface area contributed by atoms with Gasteiger partial charge in [0.05, 0.1) is 6.20 Å². The highest BCUT2D eigenvalue weighted by atomic mass is 16.6. The van der Waals surface area contributed by atoms with E-state index in [9.17, 15) is 9.59 Å². The standard InChI is InChI=1S/C19H27N5O3/c1-18(2,3)27-17(26)22(5)13-8-19(9-13)11-23(12-19)16(25)14-10-20-24-7-6-21(4)15(14)24/h6-7,10,13H,8-9,11-12H2,1-5H3. The van der Waals surface area contributed by atoms with E-state index in [0.29, 0.717) is 5.56 Å². The van der Waals surface area contributed by atoms with Crippen LogP contribution < -0.4 is 0 Å². The number of likely N-dealkylation sites (tertiary alicyclic amines) is 1. The van der Waals surface area contributed by atoms with Gasteiger partial charge in [0.15, 0.2) is 0 Å². The molecule has 0 unspecified atom stereocenters. The Hall–Kier alpha value is -2.51. The van der Waals surface area contributed by atoms with Gasteiger partial charge in [-0.3, -0.25) is 4.79 Å². The minimum atomic E-state index is -0.486. The molecule has 4 rings (SSSR count). The van der Waals surface area contributed by atoms with Crippen molar-refractivity contribution in [1.82, 2.24) is 24.0 Å². The van der Waals surface area contributed by atoms with Crippen LogP contribution in [0.5, 0.6) is 0 Å². The van der Waals surface area contributed by atoms with Crippen molar-refractivity contribution in [2.45, 2.75) is 45.3 Å². The molecule has 8 nitrogen and oxygen atoms in total. The Labute approximate surface area is 158 Å². The first-order valence-corrected chi connectivity index (χ1v) is 9.32. The molecule has 0 radical (unpaired) electrons. The molecule has 0 N–H and O–H groups in total. The summed E-state index contributed by atoms with van der Waals surface area (Å²) in [6.45, 7) is 7.10. The van der Waals surface area contributed by atoms with Crippen molar-refractivity contribution < 1.29 is 14.3 Å². The third-order valence-corrected chi connectivity index (χ3v) is 5.67. The third kappa shape index (κ3) is 2.96. The van der Waals surface area contributed by atoms with Crippen LogP contribution in [-0.4, -0.2) is 67.8 Å². The Morgan fingerprint density at radius 2 is 1.93 bits per heavy atom. The molecule has 1 aliphatic carbocycles. The summed E-state index contributed by atoms with van der Waals surface area (Å²) in [5.74, 6) is 0.0290. The lowest BCUT2D eigenvalue weighted by molar-refractivity contribution is -0.0887. The summed E-state index contributed by atoms with van der Waals surface area (Å²) in [5, 5.41) is 4.25. The van der Waals surface area contributed by atoms with E-state index in [1.165, 1.54) is 0 Å². The summed E-state index contributed by atoms with van der Waals surface area (Å²) in [4.78, 5) is 28.6. The quantitative estimate of drug-likeness (QED) is 0.809. The topological polar surface area (TPSA) is 72.1 Å². The van der Waals surface area contributed by atoms with Crippen molar-refractivity contribution in [1.29, 1.82) is 0 Å². The fraction of sp³-hybridized carbons (Fsp3) is 0.632. The average Bonchev–Trinajstić information content (AvgIpc) is 3.05. The molecule has 0 atom stereocenters. The Bertz CT molecular complexity index is 892. The van der Waals surface area contributed by atoms with E-state index < -0.39 is 5.60 Å². The number of amides is 2. The highest BCUT2D eigenvalue weighted by Gasteiger charge is 2.55. The molecule has 27 heavy (non-hydrogen) atoms. The fourth-order valence-corrected chi connectivity index (χ4v) is 4.23. The predicted octanol–water partition coefficient (Wildman–Crippen LogP) is 2.14. The van der Waals surface area contributed by atoms with E-state index in [-0.39, 0.29) is 23.5 Å². The average molecular weight is 373 g/mol. The zero-order chi connectivity index (χ0) is 19.6. The molecule has 8 heteroatoms. The third-order valence-electron chi connectivity index (χ3n) is 5.67. The van der Waals surface area contributed by atoms with Crippen molar-refractivity contribution in [2.24, 2.45) is 12.5 Å². The van der Waals surface area contributed by atoms with Gasteiger partial charge in [0.2, 0.25) is 0 Å². The van der Waals surface area contributed by atoms with Crippen LogP contribution in [0.1, 0.15) is 44.0 Å². The molecule has 0 aromatic carbocycles. The van der Waals surface area contributed by atoms with Gasteiger partial charge in [-0.1, -0.05) is 0 Å². The Kier molecular flexibility index (Phi) is 3.80. The van der Waals surface area contributed by atoms with E-state index >= 15 is 0 Å². The van der Waals surface area contributed by atoms with Gasteiger partial charge in [0, 0.05) is 51.0 Å². The first-order valence-electron chi connectivity index (χ1n) is 9.32. The summed E-state index contributed by atoms with van der Waals surface area (Å²) in [6.07, 6.45) is 6.93. The first-order chi connectivity index (χ1) is 12.6. The van der Waals surface area contributed by atoms with Gasteiger partial charge >= 0.3 is 6.09 Å². The molecule has 2 amide bonds. The van der Waals surface area contributed by atoms with Crippen LogP contribution in [0.2, 0.25) is 0 Å². The molecule has 1 saturated heterocycles. The van der Waals surface area contributed by atoms with E-state index in [0.717, 1.165) is 31.6 Å². The van der Waals surface area contributed by atoms with Crippen molar-refractivity contribution in [3.63, 3.8) is 0 Å². The van der Waals surface area contributed by atoms with Crippen molar-refractivity contribution >= 4 is 17.6 Å². The minimum absolute atomic E-state index is 0.0290. The highest BCUT2D eigenvalue weighted by molar-refractivity contribution is 6.00. The first kappa shape index (κ1) is 17.9. The number of aryl methyl sites for hydroxylation is 1. The lowest BCUT2D eigenvalue weighted by Gasteiger charge is -2.60. The molecule has 2 aromatic heterocycles. The molecular weight excluding hydrogens is 346 g/mol. The summed E-state index contributed by atoms with van der Waals surface area (Å²) in [7, 11) is 3.71. The number of hydrogen-bond acceptors (Lipinski definition) is 4. The summed E-state index contributed by atoms with van der Waals surface area (Å²) in [5.41, 5.74) is 1.12. The lowest BCUT2D eigenvalue weighted by atomic mass is 9.60. The molecule has 1 saturated carbocycles. The SMILES string of the molecule is CN(C(=O)OC(C)(C)C)C1CC2(C1)CN(C(=O)c1cnn3ccn(C)c13)C2. The zero-order valence-corrected chi connectivity index (χ0v) is 16.6. The predicted molar refractivity (Wildman–Crippen MR) is 99.5 cm³/mol. The number of nitrogens with zero attached hydrogens (tertiary/aromatic N) is 5. The number of carbonyl (C=O) groups is 2. The maximum atomic E-state index is 12.8. The van der Waals surface area contributed by atoms with Crippen LogP contribution in [0.3, 0.4) is 0 Å². The fourth-order valence-electron chi connectivity index (χ4n) is 4.23. The molecular formula is C19H27N5O3.